The number of hydrogen-bond acceptors (Lipinski definition) is 2. The van der Waals surface area contributed by atoms with Crippen molar-refractivity contribution in [2.45, 2.75) is 26.3 Å². The van der Waals surface area contributed by atoms with Gasteiger partial charge in [0.15, 0.2) is 0 Å². The Morgan fingerprint density at radius 2 is 2.06 bits per heavy atom. The van der Waals surface area contributed by atoms with Crippen molar-refractivity contribution in [3.8, 4) is 5.75 Å². The molecule has 0 atom stereocenters. The summed E-state index contributed by atoms with van der Waals surface area (Å²) in [5, 5.41) is 4.33. The minimum absolute atomic E-state index is 0.487. The zero-order chi connectivity index (χ0) is 12.0. The van der Waals surface area contributed by atoms with Crippen molar-refractivity contribution in [1.29, 1.82) is 0 Å². The summed E-state index contributed by atoms with van der Waals surface area (Å²) < 4.78 is 5.54. The molecule has 0 unspecified atom stereocenters. The van der Waals surface area contributed by atoms with Crippen LogP contribution in [0.15, 0.2) is 18.2 Å². The molecule has 1 rings (SSSR count). The Hall–Kier alpha value is -0.440. The third-order valence-corrected chi connectivity index (χ3v) is 2.85. The molecule has 0 bridgehead atoms. The average molecular weight is 262 g/mol. The molecule has 0 aromatic heterocycles. The van der Waals surface area contributed by atoms with Gasteiger partial charge in [0.05, 0.1) is 11.6 Å². The van der Waals surface area contributed by atoms with E-state index in [1.807, 2.05) is 12.1 Å². The normalized spacial score (nSPS) is 10.8. The van der Waals surface area contributed by atoms with Gasteiger partial charge in [-0.05, 0) is 25.1 Å². The molecule has 16 heavy (non-hydrogen) atoms. The molecule has 1 N–H and O–H groups in total. The lowest BCUT2D eigenvalue weighted by Gasteiger charge is -2.10. The Kier molecular flexibility index (Phi) is 5.96. The van der Waals surface area contributed by atoms with Crippen LogP contribution < -0.4 is 10.1 Å². The average Bonchev–Trinajstić information content (AvgIpc) is 2.23. The van der Waals surface area contributed by atoms with Gasteiger partial charge in [0.2, 0.25) is 0 Å². The molecule has 2 nitrogen and oxygen atoms in total. The first-order valence-corrected chi connectivity index (χ1v) is 6.17. The van der Waals surface area contributed by atoms with Crippen molar-refractivity contribution in [2.75, 3.05) is 13.2 Å². The highest BCUT2D eigenvalue weighted by Gasteiger charge is 2.04. The van der Waals surface area contributed by atoms with E-state index in [0.717, 1.165) is 13.0 Å². The summed E-state index contributed by atoms with van der Waals surface area (Å²) >= 11 is 11.9. The second kappa shape index (κ2) is 7.00. The predicted molar refractivity (Wildman–Crippen MR) is 69.7 cm³/mol. The molecular weight excluding hydrogens is 245 g/mol. The van der Waals surface area contributed by atoms with Gasteiger partial charge in [0, 0.05) is 6.04 Å². The van der Waals surface area contributed by atoms with Gasteiger partial charge < -0.3 is 10.1 Å². The molecule has 0 heterocycles. The maximum absolute atomic E-state index is 5.98. The van der Waals surface area contributed by atoms with Gasteiger partial charge in [0.25, 0.3) is 0 Å². The summed E-state index contributed by atoms with van der Waals surface area (Å²) in [4.78, 5) is 0. The maximum atomic E-state index is 5.98. The highest BCUT2D eigenvalue weighted by atomic mass is 35.5. The van der Waals surface area contributed by atoms with Crippen LogP contribution in [0.2, 0.25) is 10.0 Å². The molecule has 1 aromatic carbocycles. The quantitative estimate of drug-likeness (QED) is 0.788. The van der Waals surface area contributed by atoms with Crippen LogP contribution in [0.4, 0.5) is 0 Å². The Morgan fingerprint density at radius 1 is 1.31 bits per heavy atom. The van der Waals surface area contributed by atoms with Gasteiger partial charge in [-0.3, -0.25) is 0 Å². The molecule has 0 spiro atoms. The Labute approximate surface area is 107 Å². The zero-order valence-electron chi connectivity index (χ0n) is 9.59. The molecule has 0 saturated carbocycles. The lowest BCUT2D eigenvalue weighted by atomic mass is 10.3. The molecule has 0 aliphatic heterocycles. The number of nitrogens with one attached hydrogen (secondary N) is 1. The summed E-state index contributed by atoms with van der Waals surface area (Å²) in [5.41, 5.74) is 0. The highest BCUT2D eigenvalue weighted by molar-refractivity contribution is 6.42. The highest BCUT2D eigenvalue weighted by Crippen LogP contribution is 2.31. The first-order chi connectivity index (χ1) is 7.61. The van der Waals surface area contributed by atoms with E-state index in [0.29, 0.717) is 28.4 Å². The Balaban J connectivity index is 2.29. The van der Waals surface area contributed by atoms with Crippen LogP contribution in [0.1, 0.15) is 20.3 Å². The number of rotatable bonds is 6. The number of hydrogen-bond donors (Lipinski definition) is 1. The fourth-order valence-electron chi connectivity index (χ4n) is 1.24. The molecule has 0 aliphatic carbocycles. The minimum Gasteiger partial charge on any atom is -0.492 e. The van der Waals surface area contributed by atoms with E-state index in [-0.39, 0.29) is 0 Å². The maximum Gasteiger partial charge on any atom is 0.139 e. The van der Waals surface area contributed by atoms with Crippen LogP contribution in [-0.2, 0) is 0 Å². The van der Waals surface area contributed by atoms with E-state index in [4.69, 9.17) is 27.9 Å². The van der Waals surface area contributed by atoms with Gasteiger partial charge in [-0.2, -0.15) is 0 Å². The van der Waals surface area contributed by atoms with Crippen LogP contribution >= 0.6 is 23.2 Å². The standard InChI is InChI=1S/C12H17Cl2NO/c1-9(2)15-7-4-8-16-11-6-3-5-10(13)12(11)14/h3,5-6,9,15H,4,7-8H2,1-2H3. The molecule has 0 amide bonds. The SMILES string of the molecule is CC(C)NCCCOc1cccc(Cl)c1Cl. The summed E-state index contributed by atoms with van der Waals surface area (Å²) in [6.07, 6.45) is 0.945. The number of halogens is 2. The molecule has 1 aromatic rings. The lowest BCUT2D eigenvalue weighted by molar-refractivity contribution is 0.306. The van der Waals surface area contributed by atoms with E-state index in [2.05, 4.69) is 19.2 Å². The monoisotopic (exact) mass is 261 g/mol. The molecule has 4 heteroatoms. The van der Waals surface area contributed by atoms with E-state index in [9.17, 15) is 0 Å². The smallest absolute Gasteiger partial charge is 0.139 e. The van der Waals surface area contributed by atoms with E-state index in [1.165, 1.54) is 0 Å². The molecular formula is C12H17Cl2NO. The summed E-state index contributed by atoms with van der Waals surface area (Å²) in [5.74, 6) is 0.652. The van der Waals surface area contributed by atoms with Crippen molar-refractivity contribution in [3.05, 3.63) is 28.2 Å². The minimum atomic E-state index is 0.487. The Morgan fingerprint density at radius 3 is 2.75 bits per heavy atom. The van der Waals surface area contributed by atoms with E-state index < -0.39 is 0 Å². The molecule has 0 fully saturated rings. The van der Waals surface area contributed by atoms with Gasteiger partial charge in [-0.25, -0.2) is 0 Å². The lowest BCUT2D eigenvalue weighted by Crippen LogP contribution is -2.24. The predicted octanol–water partition coefficient (Wildman–Crippen LogP) is 3.76. The van der Waals surface area contributed by atoms with Crippen molar-refractivity contribution in [1.82, 2.24) is 5.32 Å². The van der Waals surface area contributed by atoms with Gasteiger partial charge in [-0.1, -0.05) is 43.1 Å². The van der Waals surface area contributed by atoms with Crippen LogP contribution in [0, 0.1) is 0 Å². The van der Waals surface area contributed by atoms with Crippen molar-refractivity contribution >= 4 is 23.2 Å². The van der Waals surface area contributed by atoms with Crippen molar-refractivity contribution in [2.24, 2.45) is 0 Å². The molecule has 90 valence electrons. The molecule has 0 aliphatic rings. The van der Waals surface area contributed by atoms with Gasteiger partial charge in [0.1, 0.15) is 10.8 Å². The van der Waals surface area contributed by atoms with Gasteiger partial charge >= 0.3 is 0 Å². The topological polar surface area (TPSA) is 21.3 Å². The zero-order valence-corrected chi connectivity index (χ0v) is 11.1. The van der Waals surface area contributed by atoms with Crippen LogP contribution in [0.25, 0.3) is 0 Å². The first-order valence-electron chi connectivity index (χ1n) is 5.41. The second-order valence-electron chi connectivity index (χ2n) is 3.86. The first kappa shape index (κ1) is 13.6. The summed E-state index contributed by atoms with van der Waals surface area (Å²) in [7, 11) is 0. The summed E-state index contributed by atoms with van der Waals surface area (Å²) in [6, 6.07) is 5.91. The molecule has 0 radical (unpaired) electrons. The number of ether oxygens (including phenoxy) is 1. The largest absolute Gasteiger partial charge is 0.492 e. The van der Waals surface area contributed by atoms with Crippen LogP contribution in [0.3, 0.4) is 0 Å². The second-order valence-corrected chi connectivity index (χ2v) is 4.65. The Bertz CT molecular complexity index is 329. The number of benzene rings is 1. The van der Waals surface area contributed by atoms with Crippen LogP contribution in [0.5, 0.6) is 5.75 Å². The van der Waals surface area contributed by atoms with Crippen LogP contribution in [-0.4, -0.2) is 19.2 Å². The van der Waals surface area contributed by atoms with E-state index in [1.54, 1.807) is 6.07 Å². The third kappa shape index (κ3) is 4.60. The fourth-order valence-corrected chi connectivity index (χ4v) is 1.59. The fraction of sp³-hybridized carbons (Fsp3) is 0.500. The van der Waals surface area contributed by atoms with E-state index >= 15 is 0 Å². The third-order valence-electron chi connectivity index (χ3n) is 2.05. The molecule has 0 saturated heterocycles. The van der Waals surface area contributed by atoms with Gasteiger partial charge in [-0.15, -0.1) is 0 Å². The summed E-state index contributed by atoms with van der Waals surface area (Å²) in [6.45, 7) is 5.82. The van der Waals surface area contributed by atoms with Crippen molar-refractivity contribution < 1.29 is 4.74 Å². The van der Waals surface area contributed by atoms with Crippen molar-refractivity contribution in [3.63, 3.8) is 0 Å².